The fraction of sp³-hybridized carbons (Fsp3) is 0.941. The Bertz CT molecular complexity index is 326. The molecule has 1 amide bonds. The number of hydrogen-bond donors (Lipinski definition) is 1. The molecule has 20 heavy (non-hydrogen) atoms. The molecular weight excluding hydrogens is 248 g/mol. The van der Waals surface area contributed by atoms with Gasteiger partial charge in [0.05, 0.1) is 0 Å². The van der Waals surface area contributed by atoms with Crippen LogP contribution in [0.1, 0.15) is 71.6 Å². The second-order valence-corrected chi connectivity index (χ2v) is 7.31. The fourth-order valence-corrected chi connectivity index (χ4v) is 3.79. The lowest BCUT2D eigenvalue weighted by molar-refractivity contribution is -0.135. The Morgan fingerprint density at radius 1 is 1.10 bits per heavy atom. The molecule has 0 aromatic heterocycles. The van der Waals surface area contributed by atoms with Crippen LogP contribution in [-0.4, -0.2) is 36.5 Å². The SMILES string of the molecule is CCC1(C)CCN(C(=O)CC2(NC)CCCCC2)CC1. The van der Waals surface area contributed by atoms with Gasteiger partial charge in [-0.1, -0.05) is 39.5 Å². The van der Waals surface area contributed by atoms with Crippen molar-refractivity contribution in [3.05, 3.63) is 0 Å². The van der Waals surface area contributed by atoms with Crippen molar-refractivity contribution in [2.24, 2.45) is 5.41 Å². The van der Waals surface area contributed by atoms with E-state index in [1.165, 1.54) is 38.5 Å². The zero-order chi connectivity index (χ0) is 14.6. The maximum atomic E-state index is 12.6. The van der Waals surface area contributed by atoms with Crippen LogP contribution in [-0.2, 0) is 4.79 Å². The van der Waals surface area contributed by atoms with Gasteiger partial charge in [0.2, 0.25) is 5.91 Å². The molecule has 0 unspecified atom stereocenters. The lowest BCUT2D eigenvalue weighted by Crippen LogP contribution is -2.50. The highest BCUT2D eigenvalue weighted by Crippen LogP contribution is 2.35. The number of carbonyl (C=O) groups is 1. The van der Waals surface area contributed by atoms with E-state index in [0.29, 0.717) is 17.7 Å². The highest BCUT2D eigenvalue weighted by molar-refractivity contribution is 5.77. The van der Waals surface area contributed by atoms with Crippen LogP contribution >= 0.6 is 0 Å². The maximum absolute atomic E-state index is 12.6. The molecule has 2 aliphatic rings. The number of hydrogen-bond acceptors (Lipinski definition) is 2. The summed E-state index contributed by atoms with van der Waals surface area (Å²) >= 11 is 0. The minimum absolute atomic E-state index is 0.0842. The average Bonchev–Trinajstić information content (AvgIpc) is 2.49. The standard InChI is InChI=1S/C17H32N2O/c1-4-16(2)10-12-19(13-11-16)15(20)14-17(18-3)8-6-5-7-9-17/h18H,4-14H2,1-3H3. The van der Waals surface area contributed by atoms with Crippen LogP contribution in [0.5, 0.6) is 0 Å². The first-order chi connectivity index (χ1) is 9.52. The molecule has 0 aromatic rings. The second-order valence-electron chi connectivity index (χ2n) is 7.31. The molecule has 1 saturated carbocycles. The summed E-state index contributed by atoms with van der Waals surface area (Å²) in [4.78, 5) is 14.7. The van der Waals surface area contributed by atoms with Crippen molar-refractivity contribution < 1.29 is 4.79 Å². The summed E-state index contributed by atoms with van der Waals surface area (Å²) in [6, 6.07) is 0. The smallest absolute Gasteiger partial charge is 0.224 e. The van der Waals surface area contributed by atoms with Gasteiger partial charge in [-0.25, -0.2) is 0 Å². The molecule has 1 heterocycles. The van der Waals surface area contributed by atoms with E-state index in [4.69, 9.17) is 0 Å². The topological polar surface area (TPSA) is 32.3 Å². The first-order valence-corrected chi connectivity index (χ1v) is 8.49. The molecule has 3 heteroatoms. The van der Waals surface area contributed by atoms with Gasteiger partial charge < -0.3 is 10.2 Å². The van der Waals surface area contributed by atoms with Crippen molar-refractivity contribution in [3.63, 3.8) is 0 Å². The van der Waals surface area contributed by atoms with Crippen molar-refractivity contribution in [2.45, 2.75) is 77.2 Å². The van der Waals surface area contributed by atoms with Gasteiger partial charge in [-0.2, -0.15) is 0 Å². The Morgan fingerprint density at radius 2 is 1.70 bits per heavy atom. The molecule has 0 aromatic carbocycles. The Balaban J connectivity index is 1.89. The quantitative estimate of drug-likeness (QED) is 0.856. The molecule has 0 radical (unpaired) electrons. The van der Waals surface area contributed by atoms with Crippen LogP contribution in [0.15, 0.2) is 0 Å². The molecule has 1 aliphatic carbocycles. The number of piperidine rings is 1. The van der Waals surface area contributed by atoms with E-state index in [0.717, 1.165) is 25.9 Å². The van der Waals surface area contributed by atoms with E-state index in [1.54, 1.807) is 0 Å². The third kappa shape index (κ3) is 3.55. The molecule has 1 aliphatic heterocycles. The van der Waals surface area contributed by atoms with E-state index < -0.39 is 0 Å². The van der Waals surface area contributed by atoms with Gasteiger partial charge >= 0.3 is 0 Å². The van der Waals surface area contributed by atoms with Crippen LogP contribution in [0.2, 0.25) is 0 Å². The van der Waals surface area contributed by atoms with Crippen LogP contribution in [0, 0.1) is 5.41 Å². The summed E-state index contributed by atoms with van der Waals surface area (Å²) in [6.07, 6.45) is 10.5. The molecule has 116 valence electrons. The van der Waals surface area contributed by atoms with Crippen molar-refractivity contribution in [3.8, 4) is 0 Å². The van der Waals surface area contributed by atoms with E-state index in [1.807, 2.05) is 7.05 Å². The number of amides is 1. The minimum Gasteiger partial charge on any atom is -0.343 e. The normalized spacial score (nSPS) is 25.4. The van der Waals surface area contributed by atoms with E-state index in [9.17, 15) is 4.79 Å². The molecular formula is C17H32N2O. The zero-order valence-electron chi connectivity index (χ0n) is 13.6. The molecule has 3 nitrogen and oxygen atoms in total. The van der Waals surface area contributed by atoms with Crippen LogP contribution in [0.25, 0.3) is 0 Å². The third-order valence-corrected chi connectivity index (χ3v) is 6.01. The molecule has 1 saturated heterocycles. The second kappa shape index (κ2) is 6.46. The van der Waals surface area contributed by atoms with Crippen LogP contribution < -0.4 is 5.32 Å². The number of rotatable bonds is 4. The maximum Gasteiger partial charge on any atom is 0.224 e. The molecule has 1 N–H and O–H groups in total. The minimum atomic E-state index is 0.0842. The van der Waals surface area contributed by atoms with Crippen molar-refractivity contribution >= 4 is 5.91 Å². The summed E-state index contributed by atoms with van der Waals surface area (Å²) in [5, 5.41) is 3.47. The molecule has 0 atom stereocenters. The highest BCUT2D eigenvalue weighted by atomic mass is 16.2. The predicted octanol–water partition coefficient (Wildman–Crippen LogP) is 3.34. The number of nitrogens with one attached hydrogen (secondary N) is 1. The van der Waals surface area contributed by atoms with Gasteiger partial charge in [-0.05, 0) is 38.1 Å². The molecule has 0 bridgehead atoms. The highest BCUT2D eigenvalue weighted by Gasteiger charge is 2.36. The van der Waals surface area contributed by atoms with Gasteiger partial charge in [0.1, 0.15) is 0 Å². The monoisotopic (exact) mass is 280 g/mol. The lowest BCUT2D eigenvalue weighted by Gasteiger charge is -2.42. The van der Waals surface area contributed by atoms with Gasteiger partial charge in [0.15, 0.2) is 0 Å². The number of nitrogens with zero attached hydrogens (tertiary/aromatic N) is 1. The Labute approximate surface area is 124 Å². The Morgan fingerprint density at radius 3 is 2.20 bits per heavy atom. The Hall–Kier alpha value is -0.570. The summed E-state index contributed by atoms with van der Waals surface area (Å²) in [5.74, 6) is 0.374. The summed E-state index contributed by atoms with van der Waals surface area (Å²) in [5.41, 5.74) is 0.545. The van der Waals surface area contributed by atoms with E-state index in [2.05, 4.69) is 24.1 Å². The summed E-state index contributed by atoms with van der Waals surface area (Å²) in [6.45, 7) is 6.56. The molecule has 0 spiro atoms. The predicted molar refractivity (Wildman–Crippen MR) is 83.7 cm³/mol. The average molecular weight is 280 g/mol. The van der Waals surface area contributed by atoms with Gasteiger partial charge in [0.25, 0.3) is 0 Å². The molecule has 2 fully saturated rings. The van der Waals surface area contributed by atoms with Gasteiger partial charge in [-0.3, -0.25) is 4.79 Å². The van der Waals surface area contributed by atoms with Crippen molar-refractivity contribution in [1.82, 2.24) is 10.2 Å². The summed E-state index contributed by atoms with van der Waals surface area (Å²) in [7, 11) is 2.03. The first-order valence-electron chi connectivity index (χ1n) is 8.49. The van der Waals surface area contributed by atoms with Crippen molar-refractivity contribution in [1.29, 1.82) is 0 Å². The lowest BCUT2D eigenvalue weighted by atomic mass is 9.77. The van der Waals surface area contributed by atoms with Crippen LogP contribution in [0.3, 0.4) is 0 Å². The van der Waals surface area contributed by atoms with Gasteiger partial charge in [0, 0.05) is 25.0 Å². The number of carbonyl (C=O) groups excluding carboxylic acids is 1. The zero-order valence-corrected chi connectivity index (χ0v) is 13.6. The first kappa shape index (κ1) is 15.8. The van der Waals surface area contributed by atoms with Crippen LogP contribution in [0.4, 0.5) is 0 Å². The Kier molecular flexibility index (Phi) is 5.11. The third-order valence-electron chi connectivity index (χ3n) is 6.01. The largest absolute Gasteiger partial charge is 0.343 e. The molecule has 2 rings (SSSR count). The van der Waals surface area contributed by atoms with E-state index >= 15 is 0 Å². The van der Waals surface area contributed by atoms with E-state index in [-0.39, 0.29) is 5.54 Å². The fourth-order valence-electron chi connectivity index (χ4n) is 3.79. The summed E-state index contributed by atoms with van der Waals surface area (Å²) < 4.78 is 0. The van der Waals surface area contributed by atoms with Gasteiger partial charge in [-0.15, -0.1) is 0 Å². The van der Waals surface area contributed by atoms with Crippen molar-refractivity contribution in [2.75, 3.05) is 20.1 Å². The number of likely N-dealkylation sites (tertiary alicyclic amines) is 1.